The number of benzene rings is 16. The Kier molecular flexibility index (Phi) is 24.9. The normalized spacial score (nSPS) is 11.2. The Labute approximate surface area is 866 Å². The minimum Gasteiger partial charge on any atom is -0.265 e. The van der Waals surface area contributed by atoms with Crippen molar-refractivity contribution in [3.05, 3.63) is 535 Å². The molecule has 0 atom stereocenters. The third-order valence-corrected chi connectivity index (χ3v) is 27.3. The summed E-state index contributed by atoms with van der Waals surface area (Å²) in [6.45, 7) is 0. The van der Waals surface area contributed by atoms with Gasteiger partial charge in [-0.3, -0.25) is 24.9 Å². The van der Waals surface area contributed by atoms with E-state index in [4.69, 9.17) is 44.9 Å². The first-order valence-corrected chi connectivity index (χ1v) is 49.9. The van der Waals surface area contributed by atoms with Crippen LogP contribution in [0.1, 0.15) is 0 Å². The molecule has 0 saturated heterocycles. The largest absolute Gasteiger partial charge is 0.265 e. The van der Waals surface area contributed by atoms with Gasteiger partial charge in [-0.1, -0.05) is 388 Å². The summed E-state index contributed by atoms with van der Waals surface area (Å²) in [5.74, 6) is 2.63. The van der Waals surface area contributed by atoms with Gasteiger partial charge in [-0.05, 0) is 175 Å². The van der Waals surface area contributed by atoms with Gasteiger partial charge >= 0.3 is 0 Å². The molecule has 16 aromatic carbocycles. The fraction of sp³-hybridized carbons (Fsp3) is 0. The maximum Gasteiger partial charge on any atom is 0.164 e. The highest BCUT2D eigenvalue weighted by Gasteiger charge is 2.24. The van der Waals surface area contributed by atoms with E-state index < -0.39 is 0 Å². The van der Waals surface area contributed by atoms with E-state index in [1.165, 1.54) is 27.3 Å². The van der Waals surface area contributed by atoms with Crippen LogP contribution >= 0.6 is 0 Å². The van der Waals surface area contributed by atoms with E-state index in [1.54, 1.807) is 12.4 Å². The van der Waals surface area contributed by atoms with Gasteiger partial charge < -0.3 is 0 Å². The third kappa shape index (κ3) is 18.7. The monoisotopic (exact) mass is 1920 g/mol. The summed E-state index contributed by atoms with van der Waals surface area (Å²) >= 11 is 0. The molecular weight excluding hydrogens is 1830 g/mol. The summed E-state index contributed by atoms with van der Waals surface area (Å²) in [7, 11) is 0. The van der Waals surface area contributed by atoms with E-state index in [1.807, 2.05) is 189 Å². The highest BCUT2D eigenvalue weighted by Crippen LogP contribution is 2.46. The van der Waals surface area contributed by atoms with Gasteiger partial charge in [0.25, 0.3) is 0 Å². The first-order valence-electron chi connectivity index (χ1n) is 49.9. The van der Waals surface area contributed by atoms with Gasteiger partial charge in [0.2, 0.25) is 0 Å². The van der Waals surface area contributed by atoms with Crippen LogP contribution in [0, 0.1) is 0 Å². The zero-order valence-corrected chi connectivity index (χ0v) is 81.1. The van der Waals surface area contributed by atoms with Gasteiger partial charge in [0.05, 0.1) is 67.8 Å². The smallest absolute Gasteiger partial charge is 0.164 e. The van der Waals surface area contributed by atoms with Crippen LogP contribution in [0.3, 0.4) is 0 Å². The number of aromatic nitrogens is 14. The molecule has 0 aliphatic carbocycles. The van der Waals surface area contributed by atoms with Crippen molar-refractivity contribution in [2.24, 2.45) is 0 Å². The third-order valence-electron chi connectivity index (χ3n) is 27.3. The SMILES string of the molecule is c1ccc(-c2cc(-c3ccc(-c4ccc5c(c4)nc(-c4ccccc4)c4cccc(-c6ccncc6)c45)cc3)nc(-c3ccccc3)n2)cc1.c1ccc(-c2nc(-c3ccccc3)nc(-c3ccc(-c4ccc5c(c4)nc(-c4ccccc4)c4cccc(-c6ccncc6)c45)cc3)n2)cc1.c1ccc(-c2nc3cc(-c4ccc(-c5cc(-c6ccccn6)nc(-c6ccccn6)c5)cc4)ccc3c3c(-c4ccncc4)cccc23)cc1. The van der Waals surface area contributed by atoms with Crippen molar-refractivity contribution in [2.75, 3.05) is 0 Å². The lowest BCUT2D eigenvalue weighted by Crippen LogP contribution is -2.00. The zero-order valence-electron chi connectivity index (χ0n) is 81.1. The van der Waals surface area contributed by atoms with Crippen LogP contribution in [-0.2, 0) is 0 Å². The van der Waals surface area contributed by atoms with Gasteiger partial charge in [-0.2, -0.15) is 0 Å². The van der Waals surface area contributed by atoms with Crippen LogP contribution < -0.4 is 0 Å². The maximum atomic E-state index is 5.31. The topological polar surface area (TPSA) is 180 Å². The van der Waals surface area contributed by atoms with Crippen molar-refractivity contribution in [1.82, 2.24) is 69.8 Å². The molecule has 27 aromatic rings. The molecule has 150 heavy (non-hydrogen) atoms. The molecule has 0 N–H and O–H groups in total. The quantitative estimate of drug-likeness (QED) is 0.0740. The molecule has 0 spiro atoms. The van der Waals surface area contributed by atoms with Gasteiger partial charge in [-0.25, -0.2) is 44.9 Å². The molecule has 702 valence electrons. The van der Waals surface area contributed by atoms with E-state index in [9.17, 15) is 0 Å². The molecule has 27 rings (SSSR count). The number of pyridine rings is 9. The molecular formula is C136H88N14. The van der Waals surface area contributed by atoms with Gasteiger partial charge in [0.15, 0.2) is 23.3 Å². The summed E-state index contributed by atoms with van der Waals surface area (Å²) in [4.78, 5) is 67.4. The maximum absolute atomic E-state index is 5.31. The van der Waals surface area contributed by atoms with Crippen molar-refractivity contribution < 1.29 is 0 Å². The second kappa shape index (κ2) is 41.1. The molecule has 0 saturated carbocycles. The molecule has 0 aliphatic heterocycles. The van der Waals surface area contributed by atoms with Crippen molar-refractivity contribution in [2.45, 2.75) is 0 Å². The Morgan fingerprint density at radius 2 is 0.380 bits per heavy atom. The Hall–Kier alpha value is -20.5. The molecule has 0 fully saturated rings. The van der Waals surface area contributed by atoms with E-state index in [0.29, 0.717) is 23.3 Å². The van der Waals surface area contributed by atoms with Crippen LogP contribution in [0.2, 0.25) is 0 Å². The summed E-state index contributed by atoms with van der Waals surface area (Å²) in [6.07, 6.45) is 14.7. The van der Waals surface area contributed by atoms with Gasteiger partial charge in [0, 0.05) is 148 Å². The second-order valence-corrected chi connectivity index (χ2v) is 36.6. The minimum atomic E-state index is 0.632. The second-order valence-electron chi connectivity index (χ2n) is 36.6. The number of hydrogen-bond donors (Lipinski definition) is 0. The summed E-state index contributed by atoms with van der Waals surface area (Å²) in [5, 5.41) is 10.3. The fourth-order valence-electron chi connectivity index (χ4n) is 20.0. The first-order chi connectivity index (χ1) is 74.3. The average Bonchev–Trinajstić information content (AvgIpc) is 0.745. The Balaban J connectivity index is 0.000000116. The highest BCUT2D eigenvalue weighted by atomic mass is 15.0. The lowest BCUT2D eigenvalue weighted by Gasteiger charge is -2.15. The van der Waals surface area contributed by atoms with E-state index in [-0.39, 0.29) is 0 Å². The van der Waals surface area contributed by atoms with Crippen LogP contribution in [0.25, 0.3) is 268 Å². The molecule has 11 heterocycles. The van der Waals surface area contributed by atoms with Crippen LogP contribution in [0.4, 0.5) is 0 Å². The van der Waals surface area contributed by atoms with Crippen molar-refractivity contribution in [3.63, 3.8) is 0 Å². The standard InChI is InChI=1S/C46H30N4.2C45H29N5/c1-4-11-33(12-5-1)41-30-42(50-46(49-41)36-15-8-3-9-16-36)34-21-19-31(20-22-34)37-23-24-39-43(29-37)48-45(35-13-6-2-7-14-35)40-18-10-17-38(44(39)40)32-25-27-47-28-26-32;1-4-11-32(12-5-1)42-39-18-10-17-37(31-25-27-46-28-26-31)41(39)38-24-23-36(29-40(38)47-42)30-19-21-35(22-20-30)45-49-43(33-13-6-2-7-14-33)48-44(50-45)34-15-8-3-9-16-34;1-2-9-33(10-3-1)45-38-12-8-11-36(32-21-25-46-26-22-32)44(38)37-20-19-34(27-41(37)50-45)30-15-17-31(18-16-30)35-28-42(39-13-4-6-23-47-39)49-43(29-35)40-14-5-7-24-48-40/h1-30H;2*1-29H. The first kappa shape index (κ1) is 90.8. The molecule has 14 nitrogen and oxygen atoms in total. The number of fused-ring (bicyclic) bond motifs is 9. The number of hydrogen-bond acceptors (Lipinski definition) is 14. The van der Waals surface area contributed by atoms with E-state index >= 15 is 0 Å². The van der Waals surface area contributed by atoms with E-state index in [2.05, 4.69) is 359 Å². The van der Waals surface area contributed by atoms with Gasteiger partial charge in [0.1, 0.15) is 0 Å². The lowest BCUT2D eigenvalue weighted by atomic mass is 9.92. The summed E-state index contributed by atoms with van der Waals surface area (Å²) in [5.41, 5.74) is 35.6. The van der Waals surface area contributed by atoms with Gasteiger partial charge in [-0.15, -0.1) is 0 Å². The Morgan fingerprint density at radius 3 is 0.693 bits per heavy atom. The van der Waals surface area contributed by atoms with E-state index in [0.717, 1.165) is 217 Å². The molecule has 0 amide bonds. The Morgan fingerprint density at radius 1 is 0.120 bits per heavy atom. The van der Waals surface area contributed by atoms with Crippen molar-refractivity contribution >= 4 is 65.0 Å². The number of rotatable bonds is 18. The zero-order chi connectivity index (χ0) is 99.8. The summed E-state index contributed by atoms with van der Waals surface area (Å²) in [6, 6.07) is 167. The molecule has 11 aromatic heterocycles. The fourth-order valence-corrected chi connectivity index (χ4v) is 20.0. The Bertz CT molecular complexity index is 8530. The van der Waals surface area contributed by atoms with Crippen LogP contribution in [-0.4, -0.2) is 69.8 Å². The van der Waals surface area contributed by atoms with Crippen LogP contribution in [0.5, 0.6) is 0 Å². The predicted molar refractivity (Wildman–Crippen MR) is 611 cm³/mol. The predicted octanol–water partition coefficient (Wildman–Crippen LogP) is 33.5. The molecule has 0 unspecified atom stereocenters. The molecule has 0 aliphatic rings. The highest BCUT2D eigenvalue weighted by molar-refractivity contribution is 6.20. The molecule has 14 heteroatoms. The van der Waals surface area contributed by atoms with Crippen molar-refractivity contribution in [1.29, 1.82) is 0 Å². The minimum absolute atomic E-state index is 0.632. The molecule has 0 bridgehead atoms. The summed E-state index contributed by atoms with van der Waals surface area (Å²) < 4.78 is 0. The average molecular weight is 1920 g/mol. The molecule has 0 radical (unpaired) electrons. The number of nitrogens with zero attached hydrogens (tertiary/aromatic N) is 14. The van der Waals surface area contributed by atoms with Crippen molar-refractivity contribution in [3.8, 4) is 203 Å². The van der Waals surface area contributed by atoms with Crippen LogP contribution in [0.15, 0.2) is 535 Å². The lowest BCUT2D eigenvalue weighted by molar-refractivity contribution is 1.07.